The second-order valence-electron chi connectivity index (χ2n) is 7.94. The smallest absolute Gasteiger partial charge is 0.277 e. The van der Waals surface area contributed by atoms with Gasteiger partial charge < -0.3 is 14.4 Å². The predicted molar refractivity (Wildman–Crippen MR) is 112 cm³/mol. The number of nitrogens with one attached hydrogen (secondary N) is 1. The van der Waals surface area contributed by atoms with Crippen molar-refractivity contribution >= 4 is 28.4 Å². The van der Waals surface area contributed by atoms with E-state index in [1.54, 1.807) is 24.5 Å². The van der Waals surface area contributed by atoms with E-state index >= 15 is 0 Å². The minimum Gasteiger partial charge on any atom is -0.360 e. The van der Waals surface area contributed by atoms with Crippen LogP contribution in [0.25, 0.3) is 11.0 Å². The third kappa shape index (κ3) is 3.58. The average Bonchev–Trinajstić information content (AvgIpc) is 3.36. The molecule has 1 N–H and O–H groups in total. The number of carbonyl (C=O) groups excluding carboxylic acids is 2. The Morgan fingerprint density at radius 2 is 2.00 bits per heavy atom. The average molecular weight is 416 g/mol. The number of amides is 1. The molecule has 156 valence electrons. The molecule has 1 fully saturated rings. The summed E-state index contributed by atoms with van der Waals surface area (Å²) in [5.74, 6) is 0.469. The second-order valence-corrected chi connectivity index (χ2v) is 7.94. The molecule has 9 heteroatoms. The van der Waals surface area contributed by atoms with Crippen LogP contribution in [0.1, 0.15) is 70.8 Å². The van der Waals surface area contributed by atoms with Crippen LogP contribution in [-0.4, -0.2) is 36.4 Å². The van der Waals surface area contributed by atoms with Gasteiger partial charge in [-0.1, -0.05) is 5.16 Å². The molecule has 9 nitrogen and oxygen atoms in total. The molecule has 4 heterocycles. The molecule has 1 amide bonds. The summed E-state index contributed by atoms with van der Waals surface area (Å²) >= 11 is 0. The van der Waals surface area contributed by atoms with Gasteiger partial charge in [-0.15, -0.1) is 0 Å². The molecular weight excluding hydrogens is 396 g/mol. The van der Waals surface area contributed by atoms with Crippen molar-refractivity contribution < 1.29 is 14.1 Å². The molecule has 5 rings (SSSR count). The predicted octanol–water partition coefficient (Wildman–Crippen LogP) is 3.76. The van der Waals surface area contributed by atoms with Gasteiger partial charge in [-0.25, -0.2) is 9.97 Å². The summed E-state index contributed by atoms with van der Waals surface area (Å²) in [6.07, 6.45) is 9.96. The van der Waals surface area contributed by atoms with E-state index in [1.165, 1.54) is 18.7 Å². The van der Waals surface area contributed by atoms with Crippen LogP contribution in [0.4, 0.5) is 5.69 Å². The number of hydrogen-bond acceptors (Lipinski definition) is 7. The molecule has 1 aliphatic rings. The minimum absolute atomic E-state index is 0.130. The maximum absolute atomic E-state index is 13.2. The summed E-state index contributed by atoms with van der Waals surface area (Å²) in [5.41, 5.74) is 2.14. The van der Waals surface area contributed by atoms with Crippen molar-refractivity contribution in [3.8, 4) is 0 Å². The monoisotopic (exact) mass is 416 g/mol. The van der Waals surface area contributed by atoms with E-state index in [2.05, 4.69) is 25.4 Å². The highest BCUT2D eigenvalue weighted by Gasteiger charge is 2.29. The molecule has 1 saturated carbocycles. The summed E-state index contributed by atoms with van der Waals surface area (Å²) in [6, 6.07) is 3.39. The highest BCUT2D eigenvalue weighted by atomic mass is 16.5. The number of nitrogens with zero attached hydrogens (tertiary/aromatic N) is 5. The van der Waals surface area contributed by atoms with E-state index < -0.39 is 5.91 Å². The van der Waals surface area contributed by atoms with E-state index in [1.807, 2.05) is 18.4 Å². The summed E-state index contributed by atoms with van der Waals surface area (Å²) in [7, 11) is 0. The van der Waals surface area contributed by atoms with Crippen LogP contribution in [0.2, 0.25) is 0 Å². The zero-order valence-corrected chi connectivity index (χ0v) is 17.1. The first kappa shape index (κ1) is 19.1. The molecule has 4 aromatic rings. The van der Waals surface area contributed by atoms with E-state index in [-0.39, 0.29) is 17.5 Å². The highest BCUT2D eigenvalue weighted by molar-refractivity contribution is 6.16. The molecule has 0 unspecified atom stereocenters. The van der Waals surface area contributed by atoms with Crippen LogP contribution in [0.5, 0.6) is 0 Å². The van der Waals surface area contributed by atoms with E-state index in [0.29, 0.717) is 33.8 Å². The topological polar surface area (TPSA) is 116 Å². The van der Waals surface area contributed by atoms with Gasteiger partial charge in [-0.2, -0.15) is 0 Å². The van der Waals surface area contributed by atoms with Crippen molar-refractivity contribution in [1.82, 2.24) is 24.7 Å². The van der Waals surface area contributed by atoms with Gasteiger partial charge in [-0.3, -0.25) is 14.6 Å². The van der Waals surface area contributed by atoms with Gasteiger partial charge in [0.05, 0.1) is 17.4 Å². The van der Waals surface area contributed by atoms with Gasteiger partial charge in [-0.05, 0) is 32.8 Å². The van der Waals surface area contributed by atoms with Crippen molar-refractivity contribution in [2.45, 2.75) is 38.6 Å². The van der Waals surface area contributed by atoms with Crippen LogP contribution >= 0.6 is 0 Å². The lowest BCUT2D eigenvalue weighted by Gasteiger charge is -2.07. The normalized spacial score (nSPS) is 13.6. The standard InChI is InChI=1S/C22H20N6O3/c1-12(2)28-10-17(16-9-24-11-25-21(16)28)20(29)14-5-15(8-23-7-14)26-22(30)18-6-19(31-27-18)13-3-4-13/h5-13H,3-4H2,1-2H3,(H,26,30). The van der Waals surface area contributed by atoms with Crippen LogP contribution in [0.3, 0.4) is 0 Å². The lowest BCUT2D eigenvalue weighted by molar-refractivity contribution is 0.101. The fourth-order valence-corrected chi connectivity index (χ4v) is 3.50. The van der Waals surface area contributed by atoms with Crippen LogP contribution in [-0.2, 0) is 0 Å². The van der Waals surface area contributed by atoms with Crippen LogP contribution < -0.4 is 5.32 Å². The fourth-order valence-electron chi connectivity index (χ4n) is 3.50. The first-order valence-corrected chi connectivity index (χ1v) is 10.1. The number of aromatic nitrogens is 5. The molecule has 31 heavy (non-hydrogen) atoms. The highest BCUT2D eigenvalue weighted by Crippen LogP contribution is 2.40. The van der Waals surface area contributed by atoms with E-state index in [0.717, 1.165) is 18.6 Å². The third-order valence-corrected chi connectivity index (χ3v) is 5.29. The molecule has 1 aliphatic carbocycles. The van der Waals surface area contributed by atoms with Gasteiger partial charge in [0, 0.05) is 47.6 Å². The molecule has 4 aromatic heterocycles. The summed E-state index contributed by atoms with van der Waals surface area (Å²) in [5, 5.41) is 7.25. The molecule has 0 spiro atoms. The van der Waals surface area contributed by atoms with Gasteiger partial charge >= 0.3 is 0 Å². The maximum Gasteiger partial charge on any atom is 0.277 e. The zero-order chi connectivity index (χ0) is 21.5. The SMILES string of the molecule is CC(C)n1cc(C(=O)c2cncc(NC(=O)c3cc(C4CC4)on3)c2)c2cncnc21. The molecule has 0 aliphatic heterocycles. The molecule has 0 radical (unpaired) electrons. The number of ketones is 1. The number of rotatable bonds is 6. The fraction of sp³-hybridized carbons (Fsp3) is 0.273. The van der Waals surface area contributed by atoms with Crippen LogP contribution in [0, 0.1) is 0 Å². The first-order valence-electron chi connectivity index (χ1n) is 10.1. The Bertz CT molecular complexity index is 1300. The Morgan fingerprint density at radius 1 is 1.16 bits per heavy atom. The molecule has 0 bridgehead atoms. The number of hydrogen-bond donors (Lipinski definition) is 1. The van der Waals surface area contributed by atoms with Gasteiger partial charge in [0.1, 0.15) is 17.7 Å². The molecular formula is C22H20N6O3. The second kappa shape index (κ2) is 7.42. The van der Waals surface area contributed by atoms with Crippen molar-refractivity contribution in [1.29, 1.82) is 0 Å². The van der Waals surface area contributed by atoms with Crippen molar-refractivity contribution in [2.24, 2.45) is 0 Å². The van der Waals surface area contributed by atoms with Gasteiger partial charge in [0.2, 0.25) is 0 Å². The Labute approximate surface area is 177 Å². The largest absolute Gasteiger partial charge is 0.360 e. The summed E-state index contributed by atoms with van der Waals surface area (Å²) in [6.45, 7) is 4.04. The Morgan fingerprint density at radius 3 is 2.77 bits per heavy atom. The van der Waals surface area contributed by atoms with Crippen molar-refractivity contribution in [3.63, 3.8) is 0 Å². The first-order chi connectivity index (χ1) is 15.0. The molecule has 0 saturated heterocycles. The van der Waals surface area contributed by atoms with Gasteiger partial charge in [0.15, 0.2) is 11.5 Å². The maximum atomic E-state index is 13.2. The van der Waals surface area contributed by atoms with E-state index in [4.69, 9.17) is 4.52 Å². The number of anilines is 1. The van der Waals surface area contributed by atoms with E-state index in [9.17, 15) is 9.59 Å². The third-order valence-electron chi connectivity index (χ3n) is 5.29. The van der Waals surface area contributed by atoms with Crippen LogP contribution in [0.15, 0.2) is 47.8 Å². The van der Waals surface area contributed by atoms with Gasteiger partial charge in [0.25, 0.3) is 5.91 Å². The molecule has 0 aromatic carbocycles. The number of carbonyl (C=O) groups is 2. The number of pyridine rings is 1. The lowest BCUT2D eigenvalue weighted by Crippen LogP contribution is -2.13. The Hall–Kier alpha value is -3.88. The quantitative estimate of drug-likeness (QED) is 0.476. The summed E-state index contributed by atoms with van der Waals surface area (Å²) < 4.78 is 7.17. The molecule has 0 atom stereocenters. The number of fused-ring (bicyclic) bond motifs is 1. The zero-order valence-electron chi connectivity index (χ0n) is 17.1. The Kier molecular flexibility index (Phi) is 4.58. The van der Waals surface area contributed by atoms with Crippen molar-refractivity contribution in [2.75, 3.05) is 5.32 Å². The summed E-state index contributed by atoms with van der Waals surface area (Å²) in [4.78, 5) is 38.3. The van der Waals surface area contributed by atoms with Crippen molar-refractivity contribution in [3.05, 3.63) is 65.8 Å². The minimum atomic E-state index is -0.410. The lowest BCUT2D eigenvalue weighted by atomic mass is 10.1. The Balaban J connectivity index is 1.41.